The lowest BCUT2D eigenvalue weighted by molar-refractivity contribution is 0.0948. The third-order valence-electron chi connectivity index (χ3n) is 5.27. The van der Waals surface area contributed by atoms with E-state index < -0.39 is 0 Å². The lowest BCUT2D eigenvalue weighted by atomic mass is 10.1. The van der Waals surface area contributed by atoms with Crippen molar-refractivity contribution in [2.75, 3.05) is 11.4 Å². The topological polar surface area (TPSA) is 58.1 Å². The van der Waals surface area contributed by atoms with Gasteiger partial charge in [0, 0.05) is 24.0 Å². The monoisotopic (exact) mass is 386 g/mol. The van der Waals surface area contributed by atoms with Crippen molar-refractivity contribution < 1.29 is 4.79 Å². The predicted molar refractivity (Wildman–Crippen MR) is 116 cm³/mol. The van der Waals surface area contributed by atoms with Gasteiger partial charge in [-0.2, -0.15) is 0 Å². The van der Waals surface area contributed by atoms with Crippen LogP contribution < -0.4 is 10.2 Å². The van der Waals surface area contributed by atoms with E-state index in [1.54, 1.807) is 6.07 Å². The van der Waals surface area contributed by atoms with Gasteiger partial charge in [0.05, 0.1) is 0 Å². The number of carbonyl (C=O) groups is 1. The number of amides is 1. The molecule has 2 aromatic carbocycles. The highest BCUT2D eigenvalue weighted by molar-refractivity contribution is 5.92. The van der Waals surface area contributed by atoms with Crippen LogP contribution in [0.15, 0.2) is 60.7 Å². The maximum atomic E-state index is 12.7. The normalized spacial score (nSPS) is 15.2. The number of nitrogens with one attached hydrogen (secondary N) is 1. The predicted octanol–water partition coefficient (Wildman–Crippen LogP) is 4.23. The largest absolute Gasteiger partial charge is 0.351 e. The van der Waals surface area contributed by atoms with Crippen LogP contribution in [0.5, 0.6) is 0 Å². The molecule has 1 aromatic heterocycles. The van der Waals surface area contributed by atoms with Crippen molar-refractivity contribution in [3.8, 4) is 0 Å². The average molecular weight is 386 g/mol. The molecule has 0 saturated heterocycles. The number of aryl methyl sites for hydroxylation is 2. The van der Waals surface area contributed by atoms with Crippen LogP contribution in [0, 0.1) is 6.92 Å². The number of hydrogen-bond donors (Lipinski definition) is 1. The van der Waals surface area contributed by atoms with Gasteiger partial charge < -0.3 is 10.2 Å². The second-order valence-corrected chi connectivity index (χ2v) is 7.59. The molecule has 1 N–H and O–H groups in total. The Bertz CT molecular complexity index is 1000. The fourth-order valence-corrected chi connectivity index (χ4v) is 3.88. The summed E-state index contributed by atoms with van der Waals surface area (Å²) in [6.45, 7) is 4.69. The van der Waals surface area contributed by atoms with Gasteiger partial charge in [0.15, 0.2) is 0 Å². The summed E-state index contributed by atoms with van der Waals surface area (Å²) in [6, 6.07) is 20.6. The first-order chi connectivity index (χ1) is 14.1. The molecular weight excluding hydrogens is 360 g/mol. The second-order valence-electron chi connectivity index (χ2n) is 7.59. The van der Waals surface area contributed by atoms with Gasteiger partial charge in [-0.3, -0.25) is 4.79 Å². The highest BCUT2D eigenvalue weighted by atomic mass is 16.1. The molecule has 5 heteroatoms. The summed E-state index contributed by atoms with van der Waals surface area (Å²) in [6.07, 6.45) is 2.79. The Labute approximate surface area is 171 Å². The zero-order chi connectivity index (χ0) is 20.2. The number of hydrogen-bond acceptors (Lipinski definition) is 4. The van der Waals surface area contributed by atoms with Gasteiger partial charge in [0.1, 0.15) is 5.69 Å². The molecule has 3 aromatic rings. The summed E-state index contributed by atoms with van der Waals surface area (Å²) in [4.78, 5) is 24.0. The number of benzene rings is 2. The quantitative estimate of drug-likeness (QED) is 0.644. The third-order valence-corrected chi connectivity index (χ3v) is 5.27. The third kappa shape index (κ3) is 4.29. The van der Waals surface area contributed by atoms with Crippen LogP contribution >= 0.6 is 0 Å². The zero-order valence-electron chi connectivity index (χ0n) is 16.9. The summed E-state index contributed by atoms with van der Waals surface area (Å²) in [5, 5.41) is 3.00. The molecule has 0 bridgehead atoms. The molecule has 1 aliphatic rings. The lowest BCUT2D eigenvalue weighted by Gasteiger charge is -2.23. The highest BCUT2D eigenvalue weighted by Gasteiger charge is 2.29. The van der Waals surface area contributed by atoms with E-state index in [1.807, 2.05) is 31.2 Å². The molecular formula is C24H26N4O. The molecule has 1 aliphatic heterocycles. The molecule has 1 unspecified atom stereocenters. The van der Waals surface area contributed by atoms with Crippen molar-refractivity contribution >= 4 is 17.5 Å². The van der Waals surface area contributed by atoms with Crippen LogP contribution in [0.3, 0.4) is 0 Å². The minimum atomic E-state index is -0.148. The molecule has 0 saturated carbocycles. The van der Waals surface area contributed by atoms with Gasteiger partial charge in [-0.1, -0.05) is 48.5 Å². The van der Waals surface area contributed by atoms with Crippen LogP contribution in [0.25, 0.3) is 0 Å². The van der Waals surface area contributed by atoms with Gasteiger partial charge in [-0.05, 0) is 56.4 Å². The van der Waals surface area contributed by atoms with Crippen molar-refractivity contribution in [1.29, 1.82) is 0 Å². The summed E-state index contributed by atoms with van der Waals surface area (Å²) in [5.74, 6) is 0.446. The molecule has 148 valence electrons. The fraction of sp³-hybridized carbons (Fsp3) is 0.292. The molecule has 2 heterocycles. The fourth-order valence-electron chi connectivity index (χ4n) is 3.88. The number of anilines is 2. The molecule has 4 rings (SSSR count). The Morgan fingerprint density at radius 3 is 2.69 bits per heavy atom. The summed E-state index contributed by atoms with van der Waals surface area (Å²) < 4.78 is 0. The van der Waals surface area contributed by atoms with Crippen LogP contribution in [0.4, 0.5) is 11.6 Å². The standard InChI is InChI=1S/C24H26N4O/c1-17-15-21(23(29)25-14-8-11-19-9-4-3-5-10-19)27-24(26-17)28-18(2)16-20-12-6-7-13-22(20)28/h3-7,9-10,12-13,15,18H,8,11,14,16H2,1-2H3,(H,25,29). The van der Waals surface area contributed by atoms with E-state index in [0.29, 0.717) is 18.2 Å². The van der Waals surface area contributed by atoms with Crippen molar-refractivity contribution in [2.24, 2.45) is 0 Å². The molecule has 0 fully saturated rings. The minimum Gasteiger partial charge on any atom is -0.351 e. The Morgan fingerprint density at radius 1 is 1.10 bits per heavy atom. The summed E-state index contributed by atoms with van der Waals surface area (Å²) in [7, 11) is 0. The Morgan fingerprint density at radius 2 is 1.86 bits per heavy atom. The van der Waals surface area contributed by atoms with Gasteiger partial charge in [0.25, 0.3) is 5.91 Å². The Kier molecular flexibility index (Phi) is 5.56. The number of para-hydroxylation sites is 1. The smallest absolute Gasteiger partial charge is 0.270 e. The minimum absolute atomic E-state index is 0.148. The lowest BCUT2D eigenvalue weighted by Crippen LogP contribution is -2.29. The van der Waals surface area contributed by atoms with Crippen molar-refractivity contribution in [2.45, 2.75) is 39.2 Å². The van der Waals surface area contributed by atoms with E-state index >= 15 is 0 Å². The average Bonchev–Trinajstić information content (AvgIpc) is 3.07. The van der Waals surface area contributed by atoms with Crippen LogP contribution in [0.1, 0.15) is 40.7 Å². The zero-order valence-corrected chi connectivity index (χ0v) is 16.9. The number of aromatic nitrogens is 2. The molecule has 1 amide bonds. The molecule has 0 spiro atoms. The summed E-state index contributed by atoms with van der Waals surface area (Å²) in [5.41, 5.74) is 4.91. The Hall–Kier alpha value is -3.21. The molecule has 29 heavy (non-hydrogen) atoms. The number of nitrogens with zero attached hydrogens (tertiary/aromatic N) is 3. The van der Waals surface area contributed by atoms with Gasteiger partial charge in [-0.25, -0.2) is 9.97 Å². The molecule has 0 radical (unpaired) electrons. The van der Waals surface area contributed by atoms with E-state index in [1.165, 1.54) is 11.1 Å². The first-order valence-electron chi connectivity index (χ1n) is 10.2. The number of rotatable bonds is 6. The van der Waals surface area contributed by atoms with Crippen LogP contribution in [-0.2, 0) is 12.8 Å². The van der Waals surface area contributed by atoms with E-state index in [4.69, 9.17) is 0 Å². The number of carbonyl (C=O) groups excluding carboxylic acids is 1. The van der Waals surface area contributed by atoms with Crippen LogP contribution in [-0.4, -0.2) is 28.5 Å². The summed E-state index contributed by atoms with van der Waals surface area (Å²) >= 11 is 0. The second kappa shape index (κ2) is 8.43. The Balaban J connectivity index is 1.45. The van der Waals surface area contributed by atoms with Gasteiger partial charge in [0.2, 0.25) is 5.95 Å². The molecule has 1 atom stereocenters. The van der Waals surface area contributed by atoms with Crippen molar-refractivity contribution in [3.05, 3.63) is 83.2 Å². The highest BCUT2D eigenvalue weighted by Crippen LogP contribution is 2.36. The van der Waals surface area contributed by atoms with Crippen molar-refractivity contribution in [1.82, 2.24) is 15.3 Å². The maximum absolute atomic E-state index is 12.7. The molecule has 5 nitrogen and oxygen atoms in total. The number of fused-ring (bicyclic) bond motifs is 1. The maximum Gasteiger partial charge on any atom is 0.270 e. The molecule has 0 aliphatic carbocycles. The van der Waals surface area contributed by atoms with Gasteiger partial charge in [-0.15, -0.1) is 0 Å². The van der Waals surface area contributed by atoms with E-state index in [2.05, 4.69) is 57.4 Å². The van der Waals surface area contributed by atoms with Crippen molar-refractivity contribution in [3.63, 3.8) is 0 Å². The van der Waals surface area contributed by atoms with E-state index in [9.17, 15) is 4.79 Å². The first-order valence-corrected chi connectivity index (χ1v) is 10.2. The van der Waals surface area contributed by atoms with Crippen LogP contribution in [0.2, 0.25) is 0 Å². The van der Waals surface area contributed by atoms with E-state index in [0.717, 1.165) is 30.6 Å². The van der Waals surface area contributed by atoms with Gasteiger partial charge >= 0.3 is 0 Å². The first kappa shape index (κ1) is 19.1. The SMILES string of the molecule is Cc1cc(C(=O)NCCCc2ccccc2)nc(N2c3ccccc3CC2C)n1. The van der Waals surface area contributed by atoms with E-state index in [-0.39, 0.29) is 11.9 Å².